The third-order valence-electron chi connectivity index (χ3n) is 3.91. The molecule has 1 aliphatic heterocycles. The number of methoxy groups -OCH3 is 1. The standard InChI is InChI=1S/C16H20O10/c1-24-8-4-2-7(3-5-10(17)18)6-9(8)25-16-13(21)11(19)12(20)14(26-16)15(22)23/h2,4,6,11-14,16,19-21H,3,5H2,1H3,(H,17,18)(H,22,23). The van der Waals surface area contributed by atoms with Crippen LogP contribution in [0.5, 0.6) is 11.5 Å². The van der Waals surface area contributed by atoms with E-state index in [-0.39, 0.29) is 24.3 Å². The topological polar surface area (TPSA) is 163 Å². The first-order valence-electron chi connectivity index (χ1n) is 7.72. The van der Waals surface area contributed by atoms with Gasteiger partial charge in [0.2, 0.25) is 6.29 Å². The van der Waals surface area contributed by atoms with Crippen molar-refractivity contribution in [1.29, 1.82) is 0 Å². The van der Waals surface area contributed by atoms with E-state index < -0.39 is 42.6 Å². The summed E-state index contributed by atoms with van der Waals surface area (Å²) in [7, 11) is 1.36. The van der Waals surface area contributed by atoms with Gasteiger partial charge in [-0.2, -0.15) is 0 Å². The Bertz CT molecular complexity index is 660. The Hall–Kier alpha value is -2.40. The highest BCUT2D eigenvalue weighted by atomic mass is 16.7. The Morgan fingerprint density at radius 2 is 1.77 bits per heavy atom. The molecular formula is C16H20O10. The van der Waals surface area contributed by atoms with Crippen molar-refractivity contribution < 1.29 is 49.3 Å². The number of carbonyl (C=O) groups is 2. The quantitative estimate of drug-likeness (QED) is 0.400. The number of aliphatic hydroxyl groups is 3. The fraction of sp³-hybridized carbons (Fsp3) is 0.500. The molecule has 144 valence electrons. The van der Waals surface area contributed by atoms with Crippen LogP contribution in [0.15, 0.2) is 18.2 Å². The van der Waals surface area contributed by atoms with Gasteiger partial charge in [0, 0.05) is 6.42 Å². The molecule has 5 atom stereocenters. The van der Waals surface area contributed by atoms with E-state index in [9.17, 15) is 24.9 Å². The molecule has 5 unspecified atom stereocenters. The van der Waals surface area contributed by atoms with Crippen LogP contribution in [0, 0.1) is 0 Å². The number of rotatable bonds is 7. The molecule has 0 aromatic heterocycles. The van der Waals surface area contributed by atoms with Gasteiger partial charge in [-0.1, -0.05) is 6.07 Å². The molecule has 0 amide bonds. The van der Waals surface area contributed by atoms with Crippen LogP contribution in [0.3, 0.4) is 0 Å². The molecule has 1 aliphatic rings. The minimum atomic E-state index is -1.83. The molecule has 0 radical (unpaired) electrons. The van der Waals surface area contributed by atoms with E-state index >= 15 is 0 Å². The van der Waals surface area contributed by atoms with E-state index in [2.05, 4.69) is 0 Å². The summed E-state index contributed by atoms with van der Waals surface area (Å²) in [6.45, 7) is 0. The highest BCUT2D eigenvalue weighted by molar-refractivity contribution is 5.73. The Labute approximate surface area is 148 Å². The minimum absolute atomic E-state index is 0.0622. The molecule has 10 heteroatoms. The number of aliphatic carboxylic acids is 2. The van der Waals surface area contributed by atoms with Gasteiger partial charge in [-0.05, 0) is 24.1 Å². The number of aliphatic hydroxyl groups excluding tert-OH is 3. The lowest BCUT2D eigenvalue weighted by atomic mass is 9.99. The SMILES string of the molecule is COc1ccc(CCC(=O)O)cc1OC1OC(C(=O)O)C(O)C(O)C1O. The maximum atomic E-state index is 11.1. The van der Waals surface area contributed by atoms with Gasteiger partial charge >= 0.3 is 11.9 Å². The molecular weight excluding hydrogens is 352 g/mol. The summed E-state index contributed by atoms with van der Waals surface area (Å²) in [5, 5.41) is 47.3. The molecule has 0 spiro atoms. The maximum absolute atomic E-state index is 11.1. The molecule has 0 bridgehead atoms. The molecule has 0 saturated carbocycles. The molecule has 0 aliphatic carbocycles. The van der Waals surface area contributed by atoms with Gasteiger partial charge in [0.15, 0.2) is 17.6 Å². The second-order valence-corrected chi connectivity index (χ2v) is 5.73. The van der Waals surface area contributed by atoms with Crippen molar-refractivity contribution in [3.63, 3.8) is 0 Å². The summed E-state index contributed by atoms with van der Waals surface area (Å²) in [6, 6.07) is 4.61. The number of carboxylic acid groups (broad SMARTS) is 2. The van der Waals surface area contributed by atoms with Crippen LogP contribution in [0.25, 0.3) is 0 Å². The molecule has 1 aromatic rings. The van der Waals surface area contributed by atoms with Crippen molar-refractivity contribution in [2.45, 2.75) is 43.5 Å². The van der Waals surface area contributed by atoms with E-state index in [4.69, 9.17) is 24.4 Å². The molecule has 1 heterocycles. The highest BCUT2D eigenvalue weighted by Gasteiger charge is 2.48. The van der Waals surface area contributed by atoms with Crippen LogP contribution in [-0.4, -0.2) is 75.3 Å². The average molecular weight is 372 g/mol. The van der Waals surface area contributed by atoms with E-state index in [1.807, 2.05) is 0 Å². The first-order valence-corrected chi connectivity index (χ1v) is 7.72. The summed E-state index contributed by atoms with van der Waals surface area (Å²) in [4.78, 5) is 21.8. The smallest absolute Gasteiger partial charge is 0.335 e. The second kappa shape index (κ2) is 8.32. The third-order valence-corrected chi connectivity index (χ3v) is 3.91. The van der Waals surface area contributed by atoms with Gasteiger partial charge in [-0.15, -0.1) is 0 Å². The van der Waals surface area contributed by atoms with Crippen molar-refractivity contribution in [2.24, 2.45) is 0 Å². The number of carboxylic acids is 2. The second-order valence-electron chi connectivity index (χ2n) is 5.73. The summed E-state index contributed by atoms with van der Waals surface area (Å²) < 4.78 is 15.6. The molecule has 5 N–H and O–H groups in total. The van der Waals surface area contributed by atoms with Crippen LogP contribution in [0.2, 0.25) is 0 Å². The van der Waals surface area contributed by atoms with Crippen molar-refractivity contribution in [2.75, 3.05) is 7.11 Å². The normalized spacial score (nSPS) is 28.4. The fourth-order valence-electron chi connectivity index (χ4n) is 2.49. The number of hydrogen-bond donors (Lipinski definition) is 5. The van der Waals surface area contributed by atoms with Crippen LogP contribution in [-0.2, 0) is 20.7 Å². The van der Waals surface area contributed by atoms with Gasteiger partial charge in [0.1, 0.15) is 18.3 Å². The van der Waals surface area contributed by atoms with Crippen molar-refractivity contribution in [3.8, 4) is 11.5 Å². The highest BCUT2D eigenvalue weighted by Crippen LogP contribution is 2.32. The molecule has 1 aromatic carbocycles. The zero-order valence-electron chi connectivity index (χ0n) is 13.8. The predicted molar refractivity (Wildman–Crippen MR) is 83.9 cm³/mol. The van der Waals surface area contributed by atoms with Crippen LogP contribution >= 0.6 is 0 Å². The lowest BCUT2D eigenvalue weighted by Crippen LogP contribution is -2.61. The zero-order chi connectivity index (χ0) is 19.4. The lowest BCUT2D eigenvalue weighted by molar-refractivity contribution is -0.271. The summed E-state index contributed by atoms with van der Waals surface area (Å²) in [6.07, 6.45) is -8.61. The average Bonchev–Trinajstić information content (AvgIpc) is 2.60. The van der Waals surface area contributed by atoms with Gasteiger partial charge < -0.3 is 39.7 Å². The van der Waals surface area contributed by atoms with Crippen LogP contribution < -0.4 is 9.47 Å². The molecule has 1 fully saturated rings. The summed E-state index contributed by atoms with van der Waals surface area (Å²) in [5.74, 6) is -2.21. The zero-order valence-corrected chi connectivity index (χ0v) is 13.8. The van der Waals surface area contributed by atoms with Crippen LogP contribution in [0.1, 0.15) is 12.0 Å². The Morgan fingerprint density at radius 3 is 2.35 bits per heavy atom. The third kappa shape index (κ3) is 4.41. The van der Waals surface area contributed by atoms with Crippen molar-refractivity contribution in [1.82, 2.24) is 0 Å². The number of hydrogen-bond acceptors (Lipinski definition) is 8. The first-order chi connectivity index (χ1) is 12.2. The van der Waals surface area contributed by atoms with Gasteiger partial charge in [-0.25, -0.2) is 4.79 Å². The number of ether oxygens (including phenoxy) is 3. The predicted octanol–water partition coefficient (Wildman–Crippen LogP) is -1.02. The molecule has 10 nitrogen and oxygen atoms in total. The minimum Gasteiger partial charge on any atom is -0.493 e. The Balaban J connectivity index is 2.23. The first kappa shape index (κ1) is 19.9. The Kier molecular flexibility index (Phi) is 6.37. The van der Waals surface area contributed by atoms with E-state index in [0.29, 0.717) is 5.56 Å². The number of benzene rings is 1. The van der Waals surface area contributed by atoms with Gasteiger partial charge in [0.25, 0.3) is 0 Å². The van der Waals surface area contributed by atoms with Crippen molar-refractivity contribution >= 4 is 11.9 Å². The number of aryl methyl sites for hydroxylation is 1. The lowest BCUT2D eigenvalue weighted by Gasteiger charge is -2.38. The van der Waals surface area contributed by atoms with E-state index in [1.54, 1.807) is 6.07 Å². The van der Waals surface area contributed by atoms with E-state index in [1.165, 1.54) is 19.2 Å². The van der Waals surface area contributed by atoms with Crippen molar-refractivity contribution in [3.05, 3.63) is 23.8 Å². The molecule has 2 rings (SSSR count). The Morgan fingerprint density at radius 1 is 1.08 bits per heavy atom. The molecule has 1 saturated heterocycles. The molecule has 26 heavy (non-hydrogen) atoms. The van der Waals surface area contributed by atoms with E-state index in [0.717, 1.165) is 0 Å². The maximum Gasteiger partial charge on any atom is 0.335 e. The largest absolute Gasteiger partial charge is 0.493 e. The summed E-state index contributed by atoms with van der Waals surface area (Å²) >= 11 is 0. The fourth-order valence-corrected chi connectivity index (χ4v) is 2.49. The summed E-state index contributed by atoms with van der Waals surface area (Å²) in [5.41, 5.74) is 0.601. The van der Waals surface area contributed by atoms with Crippen LogP contribution in [0.4, 0.5) is 0 Å². The monoisotopic (exact) mass is 372 g/mol. The van der Waals surface area contributed by atoms with Gasteiger partial charge in [-0.3, -0.25) is 4.79 Å². The van der Waals surface area contributed by atoms with Gasteiger partial charge in [0.05, 0.1) is 7.11 Å².